The molecule has 2 nitrogen and oxygen atoms in total. The highest BCUT2D eigenvalue weighted by molar-refractivity contribution is 7.98. The summed E-state index contributed by atoms with van der Waals surface area (Å²) in [4.78, 5) is 2.81. The molecule has 2 heterocycles. The molecule has 2 aliphatic heterocycles. The normalized spacial score (nSPS) is 32.7. The number of nitrogens with zero attached hydrogens (tertiary/aromatic N) is 1. The van der Waals surface area contributed by atoms with Crippen molar-refractivity contribution in [2.45, 2.75) is 75.9 Å². The van der Waals surface area contributed by atoms with Gasteiger partial charge in [-0.2, -0.15) is 11.8 Å². The summed E-state index contributed by atoms with van der Waals surface area (Å²) in [6.07, 6.45) is 14.6. The van der Waals surface area contributed by atoms with E-state index in [1.807, 2.05) is 11.8 Å². The Kier molecular flexibility index (Phi) is 6.33. The summed E-state index contributed by atoms with van der Waals surface area (Å²) < 4.78 is 0. The number of hydrogen-bond acceptors (Lipinski definition) is 3. The Morgan fingerprint density at radius 2 is 1.72 bits per heavy atom. The maximum absolute atomic E-state index is 6.17. The van der Waals surface area contributed by atoms with Crippen LogP contribution in [0.2, 0.25) is 0 Å². The Morgan fingerprint density at radius 1 is 1.06 bits per heavy atom. The first-order valence-corrected chi connectivity index (χ1v) is 9.21. The molecule has 2 atom stereocenters. The van der Waals surface area contributed by atoms with E-state index in [9.17, 15) is 0 Å². The lowest BCUT2D eigenvalue weighted by Gasteiger charge is -2.48. The van der Waals surface area contributed by atoms with Crippen LogP contribution in [0.4, 0.5) is 0 Å². The molecule has 0 saturated carbocycles. The fourth-order valence-corrected chi connectivity index (χ4v) is 4.27. The van der Waals surface area contributed by atoms with Crippen LogP contribution in [0.1, 0.15) is 57.8 Å². The molecule has 0 aromatic rings. The van der Waals surface area contributed by atoms with Crippen LogP contribution in [0, 0.1) is 0 Å². The highest BCUT2D eigenvalue weighted by Crippen LogP contribution is 2.33. The molecule has 0 spiro atoms. The predicted molar refractivity (Wildman–Crippen MR) is 82.2 cm³/mol. The molecule has 0 amide bonds. The van der Waals surface area contributed by atoms with Crippen LogP contribution < -0.4 is 5.73 Å². The number of piperidine rings is 2. The minimum Gasteiger partial charge on any atom is -0.328 e. The summed E-state index contributed by atoms with van der Waals surface area (Å²) in [6, 6.07) is 2.12. The predicted octanol–water partition coefficient (Wildman–Crippen LogP) is 3.25. The zero-order valence-electron chi connectivity index (χ0n) is 11.9. The molecule has 2 fully saturated rings. The highest BCUT2D eigenvalue weighted by atomic mass is 32.2. The van der Waals surface area contributed by atoms with Crippen LogP contribution in [0.3, 0.4) is 0 Å². The third-order valence-electron chi connectivity index (χ3n) is 4.68. The fraction of sp³-hybridized carbons (Fsp3) is 1.00. The van der Waals surface area contributed by atoms with Gasteiger partial charge in [-0.15, -0.1) is 0 Å². The zero-order chi connectivity index (χ0) is 12.8. The maximum Gasteiger partial charge on any atom is 0.0113 e. The van der Waals surface area contributed by atoms with Crippen LogP contribution in [0.15, 0.2) is 0 Å². The molecule has 18 heavy (non-hydrogen) atoms. The maximum atomic E-state index is 6.17. The molecule has 3 heteroatoms. The molecule has 2 aliphatic rings. The Balaban J connectivity index is 1.65. The van der Waals surface area contributed by atoms with Crippen molar-refractivity contribution in [2.24, 2.45) is 5.73 Å². The van der Waals surface area contributed by atoms with E-state index in [4.69, 9.17) is 5.73 Å². The van der Waals surface area contributed by atoms with E-state index in [0.29, 0.717) is 6.04 Å². The van der Waals surface area contributed by atoms with Crippen molar-refractivity contribution in [3.8, 4) is 0 Å². The van der Waals surface area contributed by atoms with Gasteiger partial charge in [-0.1, -0.05) is 19.3 Å². The highest BCUT2D eigenvalue weighted by Gasteiger charge is 2.36. The van der Waals surface area contributed by atoms with Crippen molar-refractivity contribution in [2.75, 3.05) is 18.6 Å². The number of nitrogens with two attached hydrogens (primary N) is 1. The van der Waals surface area contributed by atoms with Crippen molar-refractivity contribution in [3.63, 3.8) is 0 Å². The first-order chi connectivity index (χ1) is 8.81. The van der Waals surface area contributed by atoms with Gasteiger partial charge >= 0.3 is 0 Å². The molecule has 2 saturated heterocycles. The fourth-order valence-electron chi connectivity index (χ4n) is 3.78. The van der Waals surface area contributed by atoms with E-state index in [1.54, 1.807) is 0 Å². The van der Waals surface area contributed by atoms with Crippen LogP contribution in [0.5, 0.6) is 0 Å². The van der Waals surface area contributed by atoms with Gasteiger partial charge in [0.2, 0.25) is 0 Å². The average molecular weight is 270 g/mol. The minimum absolute atomic E-state index is 0.484. The number of rotatable bonds is 7. The van der Waals surface area contributed by atoms with Gasteiger partial charge in [-0.3, -0.25) is 4.90 Å². The second-order valence-electron chi connectivity index (χ2n) is 6.11. The van der Waals surface area contributed by atoms with Crippen molar-refractivity contribution in [1.82, 2.24) is 4.90 Å². The van der Waals surface area contributed by atoms with Crippen molar-refractivity contribution >= 4 is 11.8 Å². The molecule has 0 radical (unpaired) electrons. The van der Waals surface area contributed by atoms with Crippen molar-refractivity contribution in [3.05, 3.63) is 0 Å². The third-order valence-corrected chi connectivity index (χ3v) is 5.37. The molecule has 2 rings (SSSR count). The van der Waals surface area contributed by atoms with Crippen LogP contribution in [0.25, 0.3) is 0 Å². The molecular weight excluding hydrogens is 240 g/mol. The molecule has 2 bridgehead atoms. The minimum atomic E-state index is 0.484. The Hall–Kier alpha value is 0.270. The number of unbranched alkanes of at least 4 members (excludes halogenated alkanes) is 3. The third kappa shape index (κ3) is 4.14. The lowest BCUT2D eigenvalue weighted by Crippen LogP contribution is -2.55. The van der Waals surface area contributed by atoms with Crippen LogP contribution in [-0.2, 0) is 0 Å². The lowest BCUT2D eigenvalue weighted by molar-refractivity contribution is 0.0302. The SMILES string of the molecule is CSCCCCCCN1C2CCCC1CC(N)C2. The van der Waals surface area contributed by atoms with E-state index in [-0.39, 0.29) is 0 Å². The van der Waals surface area contributed by atoms with E-state index >= 15 is 0 Å². The van der Waals surface area contributed by atoms with Gasteiger partial charge in [-0.25, -0.2) is 0 Å². The number of hydrogen-bond donors (Lipinski definition) is 1. The van der Waals surface area contributed by atoms with Gasteiger partial charge in [0.25, 0.3) is 0 Å². The molecule has 2 N–H and O–H groups in total. The quantitative estimate of drug-likeness (QED) is 0.720. The van der Waals surface area contributed by atoms with Crippen molar-refractivity contribution in [1.29, 1.82) is 0 Å². The van der Waals surface area contributed by atoms with E-state index in [1.165, 1.54) is 70.1 Å². The van der Waals surface area contributed by atoms with E-state index in [2.05, 4.69) is 11.2 Å². The first kappa shape index (κ1) is 14.7. The molecule has 2 unspecified atom stereocenters. The van der Waals surface area contributed by atoms with Crippen LogP contribution >= 0.6 is 11.8 Å². The van der Waals surface area contributed by atoms with Gasteiger partial charge in [0.15, 0.2) is 0 Å². The average Bonchev–Trinajstić information content (AvgIpc) is 2.34. The summed E-state index contributed by atoms with van der Waals surface area (Å²) in [7, 11) is 0. The summed E-state index contributed by atoms with van der Waals surface area (Å²) in [5.41, 5.74) is 6.17. The molecule has 0 aromatic heterocycles. The largest absolute Gasteiger partial charge is 0.328 e. The summed E-state index contributed by atoms with van der Waals surface area (Å²) in [5.74, 6) is 1.34. The second-order valence-corrected chi connectivity index (χ2v) is 7.10. The van der Waals surface area contributed by atoms with E-state index in [0.717, 1.165) is 12.1 Å². The topological polar surface area (TPSA) is 29.3 Å². The number of thioether (sulfide) groups is 1. The molecule has 0 aliphatic carbocycles. The summed E-state index contributed by atoms with van der Waals surface area (Å²) in [6.45, 7) is 1.33. The van der Waals surface area contributed by atoms with E-state index < -0.39 is 0 Å². The van der Waals surface area contributed by atoms with Gasteiger partial charge < -0.3 is 5.73 Å². The Bertz CT molecular complexity index is 221. The second kappa shape index (κ2) is 7.76. The Labute approximate surface area is 117 Å². The lowest BCUT2D eigenvalue weighted by atomic mass is 9.82. The Morgan fingerprint density at radius 3 is 2.39 bits per heavy atom. The summed E-state index contributed by atoms with van der Waals surface area (Å²) in [5, 5.41) is 0. The molecular formula is C15H30N2S. The molecule has 0 aromatic carbocycles. The van der Waals surface area contributed by atoms with Crippen molar-refractivity contribution < 1.29 is 0 Å². The van der Waals surface area contributed by atoms with Gasteiger partial charge in [0.1, 0.15) is 0 Å². The summed E-state index contributed by atoms with van der Waals surface area (Å²) >= 11 is 1.98. The first-order valence-electron chi connectivity index (χ1n) is 7.81. The molecule has 106 valence electrons. The van der Waals surface area contributed by atoms with Gasteiger partial charge in [0.05, 0.1) is 0 Å². The van der Waals surface area contributed by atoms with Gasteiger partial charge in [0, 0.05) is 18.1 Å². The van der Waals surface area contributed by atoms with Gasteiger partial charge in [-0.05, 0) is 57.1 Å². The zero-order valence-corrected chi connectivity index (χ0v) is 12.8. The monoisotopic (exact) mass is 270 g/mol. The standard InChI is InChI=1S/C15H30N2S/c1-18-10-5-3-2-4-9-17-14-7-6-8-15(17)12-13(16)11-14/h13-15H,2-12,16H2,1H3. The number of fused-ring (bicyclic) bond motifs is 2. The smallest absolute Gasteiger partial charge is 0.0113 e. The van der Waals surface area contributed by atoms with Crippen LogP contribution in [-0.4, -0.2) is 41.6 Å².